The molecule has 0 unspecified atom stereocenters. The first kappa shape index (κ1) is 23.3. The Morgan fingerprint density at radius 3 is 2.38 bits per heavy atom. The van der Waals surface area contributed by atoms with Crippen molar-refractivity contribution in [2.45, 2.75) is 6.92 Å². The van der Waals surface area contributed by atoms with E-state index in [4.69, 9.17) is 4.74 Å². The van der Waals surface area contributed by atoms with Crippen LogP contribution in [0.15, 0.2) is 53.5 Å². The molecule has 0 saturated heterocycles. The zero-order chi connectivity index (χ0) is 23.6. The average Bonchev–Trinajstić information content (AvgIpc) is 2.72. The van der Waals surface area contributed by atoms with Crippen molar-refractivity contribution in [3.63, 3.8) is 0 Å². The van der Waals surface area contributed by atoms with Crippen molar-refractivity contribution in [2.75, 3.05) is 29.5 Å². The SMILES string of the molecule is CCS(=O)(=O)Nc1ccc(Oc2ccc(F)cc2F)c(-c2cc(N(C)C)c(=O)n(C)c2)c1. The van der Waals surface area contributed by atoms with E-state index in [0.29, 0.717) is 22.9 Å². The molecule has 32 heavy (non-hydrogen) atoms. The molecule has 0 spiro atoms. The van der Waals surface area contributed by atoms with E-state index in [9.17, 15) is 22.0 Å². The fourth-order valence-corrected chi connectivity index (χ4v) is 3.63. The number of anilines is 2. The van der Waals surface area contributed by atoms with Gasteiger partial charge in [-0.3, -0.25) is 9.52 Å². The number of rotatable bonds is 7. The third-order valence-corrected chi connectivity index (χ3v) is 6.01. The highest BCUT2D eigenvalue weighted by Gasteiger charge is 2.17. The minimum absolute atomic E-state index is 0.119. The zero-order valence-electron chi connectivity index (χ0n) is 18.0. The van der Waals surface area contributed by atoms with Crippen molar-refractivity contribution in [3.8, 4) is 22.6 Å². The normalized spacial score (nSPS) is 11.3. The Morgan fingerprint density at radius 2 is 1.75 bits per heavy atom. The maximum absolute atomic E-state index is 14.2. The molecule has 0 fully saturated rings. The molecule has 170 valence electrons. The topological polar surface area (TPSA) is 80.6 Å². The van der Waals surface area contributed by atoms with Gasteiger partial charge in [0.2, 0.25) is 10.0 Å². The van der Waals surface area contributed by atoms with Crippen LogP contribution < -0.4 is 19.9 Å². The summed E-state index contributed by atoms with van der Waals surface area (Å²) in [6.45, 7) is 1.51. The van der Waals surface area contributed by atoms with Crippen LogP contribution in [0.1, 0.15) is 6.92 Å². The van der Waals surface area contributed by atoms with Gasteiger partial charge in [-0.1, -0.05) is 0 Å². The summed E-state index contributed by atoms with van der Waals surface area (Å²) in [6.07, 6.45) is 1.57. The minimum atomic E-state index is -3.55. The van der Waals surface area contributed by atoms with Crippen molar-refractivity contribution in [1.82, 2.24) is 4.57 Å². The Labute approximate surface area is 184 Å². The molecule has 0 amide bonds. The van der Waals surface area contributed by atoms with Gasteiger partial charge in [0.05, 0.1) is 5.75 Å². The summed E-state index contributed by atoms with van der Waals surface area (Å²) >= 11 is 0. The molecule has 0 aliphatic carbocycles. The molecule has 3 rings (SSSR count). The third kappa shape index (κ3) is 5.08. The van der Waals surface area contributed by atoms with Gasteiger partial charge in [-0.15, -0.1) is 0 Å². The number of sulfonamides is 1. The zero-order valence-corrected chi connectivity index (χ0v) is 18.8. The lowest BCUT2D eigenvalue weighted by Crippen LogP contribution is -2.25. The van der Waals surface area contributed by atoms with Gasteiger partial charge < -0.3 is 14.2 Å². The van der Waals surface area contributed by atoms with E-state index in [-0.39, 0.29) is 28.5 Å². The number of hydrogen-bond acceptors (Lipinski definition) is 5. The predicted molar refractivity (Wildman–Crippen MR) is 121 cm³/mol. The van der Waals surface area contributed by atoms with Crippen LogP contribution in [0.25, 0.3) is 11.1 Å². The van der Waals surface area contributed by atoms with Crippen LogP contribution in [0.5, 0.6) is 11.5 Å². The Hall–Kier alpha value is -3.40. The number of aryl methyl sites for hydroxylation is 1. The standard InChI is InChI=1S/C22H23F2N3O4S/c1-5-32(29,30)25-16-7-9-20(31-21-8-6-15(23)11-18(21)24)17(12-16)14-10-19(26(2)3)22(28)27(4)13-14/h6-13,25H,5H2,1-4H3. The molecule has 1 aromatic heterocycles. The summed E-state index contributed by atoms with van der Waals surface area (Å²) in [5.41, 5.74) is 1.38. The molecule has 0 saturated carbocycles. The van der Waals surface area contributed by atoms with Crippen molar-refractivity contribution in [2.24, 2.45) is 7.05 Å². The van der Waals surface area contributed by atoms with Crippen LogP contribution in [0, 0.1) is 11.6 Å². The lowest BCUT2D eigenvalue weighted by molar-refractivity contribution is 0.439. The number of nitrogens with zero attached hydrogens (tertiary/aromatic N) is 2. The van der Waals surface area contributed by atoms with Gasteiger partial charge in [0, 0.05) is 50.2 Å². The summed E-state index contributed by atoms with van der Waals surface area (Å²) in [7, 11) is 1.48. The minimum Gasteiger partial charge on any atom is -0.454 e. The Morgan fingerprint density at radius 1 is 1.06 bits per heavy atom. The van der Waals surface area contributed by atoms with Crippen LogP contribution in [-0.2, 0) is 17.1 Å². The second-order valence-corrected chi connectivity index (χ2v) is 9.33. The molecule has 0 radical (unpaired) electrons. The molecule has 1 N–H and O–H groups in total. The second kappa shape index (κ2) is 8.99. The first-order valence-corrected chi connectivity index (χ1v) is 11.3. The fourth-order valence-electron chi connectivity index (χ4n) is 3.00. The first-order valence-electron chi connectivity index (χ1n) is 9.66. The number of hydrogen-bond donors (Lipinski definition) is 1. The maximum atomic E-state index is 14.2. The van der Waals surface area contributed by atoms with Gasteiger partial charge in [0.15, 0.2) is 11.6 Å². The van der Waals surface area contributed by atoms with E-state index in [0.717, 1.165) is 12.1 Å². The Bertz CT molecular complexity index is 1320. The van der Waals surface area contributed by atoms with Gasteiger partial charge in [-0.2, -0.15) is 0 Å². The van der Waals surface area contributed by atoms with Crippen LogP contribution >= 0.6 is 0 Å². The third-order valence-electron chi connectivity index (χ3n) is 4.70. The average molecular weight is 464 g/mol. The van der Waals surface area contributed by atoms with Crippen LogP contribution in [0.4, 0.5) is 20.2 Å². The summed E-state index contributed by atoms with van der Waals surface area (Å²) in [5, 5.41) is 0. The summed E-state index contributed by atoms with van der Waals surface area (Å²) in [6, 6.07) is 9.04. The van der Waals surface area contributed by atoms with Gasteiger partial charge in [0.25, 0.3) is 5.56 Å². The van der Waals surface area contributed by atoms with Crippen molar-refractivity contribution in [3.05, 3.63) is 70.6 Å². The molecule has 10 heteroatoms. The number of halogens is 2. The van der Waals surface area contributed by atoms with E-state index in [2.05, 4.69) is 4.72 Å². The van der Waals surface area contributed by atoms with E-state index < -0.39 is 21.7 Å². The van der Waals surface area contributed by atoms with Gasteiger partial charge in [0.1, 0.15) is 17.3 Å². The summed E-state index contributed by atoms with van der Waals surface area (Å²) in [4.78, 5) is 14.1. The van der Waals surface area contributed by atoms with Gasteiger partial charge in [-0.25, -0.2) is 17.2 Å². The highest BCUT2D eigenvalue weighted by atomic mass is 32.2. The number of ether oxygens (including phenoxy) is 1. The molecular weight excluding hydrogens is 440 g/mol. The summed E-state index contributed by atoms with van der Waals surface area (Å²) < 4.78 is 61.1. The van der Waals surface area contributed by atoms with Gasteiger partial charge >= 0.3 is 0 Å². The molecular formula is C22H23F2N3O4S. The molecule has 0 bridgehead atoms. The van der Waals surface area contributed by atoms with E-state index in [1.165, 1.54) is 29.7 Å². The maximum Gasteiger partial charge on any atom is 0.273 e. The molecule has 0 atom stereocenters. The number of nitrogens with one attached hydrogen (secondary N) is 1. The van der Waals surface area contributed by atoms with E-state index in [1.54, 1.807) is 38.3 Å². The number of pyridine rings is 1. The number of benzene rings is 2. The second-order valence-electron chi connectivity index (χ2n) is 7.32. The quantitative estimate of drug-likeness (QED) is 0.574. The highest BCUT2D eigenvalue weighted by molar-refractivity contribution is 7.92. The molecule has 2 aromatic carbocycles. The monoisotopic (exact) mass is 463 g/mol. The first-order chi connectivity index (χ1) is 15.0. The predicted octanol–water partition coefficient (Wildman–Crippen LogP) is 3.95. The van der Waals surface area contributed by atoms with Crippen molar-refractivity contribution >= 4 is 21.4 Å². The molecule has 1 heterocycles. The molecule has 0 aliphatic heterocycles. The van der Waals surface area contributed by atoms with Crippen LogP contribution in [0.2, 0.25) is 0 Å². The fraction of sp³-hybridized carbons (Fsp3) is 0.227. The smallest absolute Gasteiger partial charge is 0.273 e. The number of aromatic nitrogens is 1. The molecule has 7 nitrogen and oxygen atoms in total. The van der Waals surface area contributed by atoms with Crippen molar-refractivity contribution in [1.29, 1.82) is 0 Å². The van der Waals surface area contributed by atoms with E-state index in [1.807, 2.05) is 0 Å². The summed E-state index contributed by atoms with van der Waals surface area (Å²) in [5.74, 6) is -1.76. The Balaban J connectivity index is 2.19. The molecule has 3 aromatic rings. The van der Waals surface area contributed by atoms with Gasteiger partial charge in [-0.05, 0) is 43.3 Å². The van der Waals surface area contributed by atoms with E-state index >= 15 is 0 Å². The lowest BCUT2D eigenvalue weighted by atomic mass is 10.0. The van der Waals surface area contributed by atoms with Crippen molar-refractivity contribution < 1.29 is 21.9 Å². The Kier molecular flexibility index (Phi) is 6.54. The largest absolute Gasteiger partial charge is 0.454 e. The highest BCUT2D eigenvalue weighted by Crippen LogP contribution is 2.37. The van der Waals surface area contributed by atoms with Crippen LogP contribution in [0.3, 0.4) is 0 Å². The van der Waals surface area contributed by atoms with Crippen LogP contribution in [-0.4, -0.2) is 32.8 Å². The lowest BCUT2D eigenvalue weighted by Gasteiger charge is -2.18. The molecule has 0 aliphatic rings.